The molecule has 1 N–H and O–H groups in total. The first-order valence-corrected chi connectivity index (χ1v) is 10.7. The van der Waals surface area contributed by atoms with Gasteiger partial charge in [0.05, 0.1) is 5.56 Å². The summed E-state index contributed by atoms with van der Waals surface area (Å²) >= 11 is 3.20. The Morgan fingerprint density at radius 3 is 2.12 bits per heavy atom. The molecule has 1 rings (SSSR count). The number of nitrogens with one attached hydrogen (secondary N) is 1. The summed E-state index contributed by atoms with van der Waals surface area (Å²) in [7, 11) is 0. The minimum absolute atomic E-state index is 0.172. The number of hydrogen-bond donors (Lipinski definition) is 1. The number of rotatable bonds is 13. The van der Waals surface area contributed by atoms with Crippen LogP contribution in [0.2, 0.25) is 0 Å². The van der Waals surface area contributed by atoms with Crippen molar-refractivity contribution in [1.29, 1.82) is 0 Å². The van der Waals surface area contributed by atoms with Crippen LogP contribution < -0.4 is 11.2 Å². The molecule has 5 heteroatoms. The maximum Gasteiger partial charge on any atom is 0.328 e. The van der Waals surface area contributed by atoms with Crippen LogP contribution >= 0.6 is 15.9 Å². The molecule has 1 aromatic heterocycles. The van der Waals surface area contributed by atoms with Crippen LogP contribution in [0.15, 0.2) is 20.8 Å². The van der Waals surface area contributed by atoms with E-state index in [-0.39, 0.29) is 17.3 Å². The Hall–Kier alpha value is -1.10. The quantitative estimate of drug-likeness (QED) is 0.417. The third-order valence-electron chi connectivity index (χ3n) is 4.66. The second-order valence-electron chi connectivity index (χ2n) is 6.75. The molecule has 142 valence electrons. The summed E-state index contributed by atoms with van der Waals surface area (Å²) in [6, 6.07) is 0.172. The van der Waals surface area contributed by atoms with Crippen LogP contribution in [0, 0.1) is 0 Å². The maximum atomic E-state index is 12.3. The lowest BCUT2D eigenvalue weighted by Gasteiger charge is -2.20. The lowest BCUT2D eigenvalue weighted by molar-refractivity contribution is 0.382. The van der Waals surface area contributed by atoms with Gasteiger partial charge in [-0.15, -0.1) is 0 Å². The highest BCUT2D eigenvalue weighted by Gasteiger charge is 2.14. The molecule has 1 heterocycles. The molecule has 0 aliphatic heterocycles. The van der Waals surface area contributed by atoms with Crippen molar-refractivity contribution in [3.05, 3.63) is 37.6 Å². The smallest absolute Gasteiger partial charge is 0.297 e. The summed E-state index contributed by atoms with van der Waals surface area (Å²) in [5.41, 5.74) is -0.101. The van der Waals surface area contributed by atoms with E-state index in [0.717, 1.165) is 25.7 Å². The average Bonchev–Trinajstić information content (AvgIpc) is 2.59. The topological polar surface area (TPSA) is 54.9 Å². The van der Waals surface area contributed by atoms with E-state index in [1.165, 1.54) is 44.9 Å². The highest BCUT2D eigenvalue weighted by Crippen LogP contribution is 2.22. The Kier molecular flexibility index (Phi) is 11.5. The first-order chi connectivity index (χ1) is 12.1. The normalized spacial score (nSPS) is 12.8. The number of H-pyrrole nitrogens is 1. The third-order valence-corrected chi connectivity index (χ3v) is 4.93. The van der Waals surface area contributed by atoms with Gasteiger partial charge in [0.1, 0.15) is 0 Å². The average molecular weight is 413 g/mol. The number of nitrogens with zero attached hydrogens (tertiary/aromatic N) is 1. The van der Waals surface area contributed by atoms with Gasteiger partial charge in [0.15, 0.2) is 0 Å². The molecule has 1 unspecified atom stereocenters. The van der Waals surface area contributed by atoms with Crippen molar-refractivity contribution < 1.29 is 0 Å². The van der Waals surface area contributed by atoms with E-state index in [2.05, 4.69) is 34.8 Å². The monoisotopic (exact) mass is 412 g/mol. The second kappa shape index (κ2) is 13.2. The molecule has 25 heavy (non-hydrogen) atoms. The minimum Gasteiger partial charge on any atom is -0.297 e. The molecular formula is C20H33BrN2O2. The first-order valence-electron chi connectivity index (χ1n) is 9.76. The van der Waals surface area contributed by atoms with Crippen LogP contribution in [0.4, 0.5) is 0 Å². The molecule has 0 aliphatic carbocycles. The van der Waals surface area contributed by atoms with E-state index in [1.54, 1.807) is 21.8 Å². The van der Waals surface area contributed by atoms with E-state index in [1.807, 2.05) is 0 Å². The summed E-state index contributed by atoms with van der Waals surface area (Å²) in [6.45, 7) is 4.42. The number of aromatic amines is 1. The van der Waals surface area contributed by atoms with Gasteiger partial charge in [-0.1, -0.05) is 87.6 Å². The van der Waals surface area contributed by atoms with Crippen LogP contribution in [0.1, 0.15) is 96.1 Å². The highest BCUT2D eigenvalue weighted by molar-refractivity contribution is 9.11. The lowest BCUT2D eigenvalue weighted by Crippen LogP contribution is -2.33. The predicted octanol–water partition coefficient (Wildman–Crippen LogP) is 5.77. The Morgan fingerprint density at radius 1 is 1.00 bits per heavy atom. The predicted molar refractivity (Wildman–Crippen MR) is 110 cm³/mol. The summed E-state index contributed by atoms with van der Waals surface area (Å²) in [4.78, 5) is 28.3. The van der Waals surface area contributed by atoms with E-state index in [0.29, 0.717) is 5.56 Å². The molecule has 0 radical (unpaired) electrons. The van der Waals surface area contributed by atoms with Gasteiger partial charge >= 0.3 is 5.69 Å². The fraction of sp³-hybridized carbons (Fsp3) is 0.700. The van der Waals surface area contributed by atoms with Gasteiger partial charge in [-0.05, 0) is 23.9 Å². The van der Waals surface area contributed by atoms with Crippen molar-refractivity contribution in [3.8, 4) is 0 Å². The van der Waals surface area contributed by atoms with Gasteiger partial charge in [0.2, 0.25) is 0 Å². The largest absolute Gasteiger partial charge is 0.328 e. The molecule has 1 atom stereocenters. The van der Waals surface area contributed by atoms with Gasteiger partial charge in [0, 0.05) is 12.2 Å². The molecule has 0 spiro atoms. The minimum atomic E-state index is -0.329. The molecule has 0 saturated carbocycles. The van der Waals surface area contributed by atoms with Crippen LogP contribution in [-0.4, -0.2) is 9.55 Å². The molecule has 0 aliphatic rings. The number of hydrogen-bond acceptors (Lipinski definition) is 2. The molecule has 0 bridgehead atoms. The first kappa shape index (κ1) is 21.9. The van der Waals surface area contributed by atoms with Gasteiger partial charge in [-0.3, -0.25) is 14.3 Å². The molecule has 0 fully saturated rings. The summed E-state index contributed by atoms with van der Waals surface area (Å²) in [5.74, 6) is 0. The maximum absolute atomic E-state index is 12.3. The van der Waals surface area contributed by atoms with Crippen molar-refractivity contribution in [2.45, 2.75) is 90.5 Å². The third kappa shape index (κ3) is 8.21. The van der Waals surface area contributed by atoms with Crippen LogP contribution in [0.5, 0.6) is 0 Å². The van der Waals surface area contributed by atoms with Crippen LogP contribution in [0.3, 0.4) is 0 Å². The zero-order valence-electron chi connectivity index (χ0n) is 15.7. The number of aromatic nitrogens is 2. The molecule has 0 saturated heterocycles. The molecule has 4 nitrogen and oxygen atoms in total. The Bertz CT molecular complexity index is 619. The van der Waals surface area contributed by atoms with E-state index < -0.39 is 0 Å². The summed E-state index contributed by atoms with van der Waals surface area (Å²) in [5, 5.41) is 0. The Morgan fingerprint density at radius 2 is 1.56 bits per heavy atom. The lowest BCUT2D eigenvalue weighted by atomic mass is 10.0. The fourth-order valence-corrected chi connectivity index (χ4v) is 3.46. The second-order valence-corrected chi connectivity index (χ2v) is 7.28. The van der Waals surface area contributed by atoms with Crippen molar-refractivity contribution in [1.82, 2.24) is 9.55 Å². The molecular weight excluding hydrogens is 380 g/mol. The molecule has 0 amide bonds. The van der Waals surface area contributed by atoms with Gasteiger partial charge < -0.3 is 0 Å². The van der Waals surface area contributed by atoms with Crippen LogP contribution in [0.25, 0.3) is 6.08 Å². The molecule has 1 aromatic rings. The van der Waals surface area contributed by atoms with Crippen molar-refractivity contribution >= 4 is 22.0 Å². The van der Waals surface area contributed by atoms with Gasteiger partial charge in [-0.25, -0.2) is 4.79 Å². The van der Waals surface area contributed by atoms with Crippen molar-refractivity contribution in [2.75, 3.05) is 0 Å². The number of unbranched alkanes of at least 4 members (excludes halogenated alkanes) is 7. The highest BCUT2D eigenvalue weighted by atomic mass is 79.9. The standard InChI is InChI=1S/C20H33BrN2O2/c1-3-5-7-9-11-13-18(12-10-8-6-4-2)23-16-17(14-15-21)19(24)22-20(23)25/h14-16,18H,3-13H2,1-2H3,(H,22,24,25)/b15-14+. The van der Waals surface area contributed by atoms with Crippen LogP contribution in [-0.2, 0) is 0 Å². The summed E-state index contributed by atoms with van der Waals surface area (Å²) < 4.78 is 1.75. The van der Waals surface area contributed by atoms with Gasteiger partial charge in [-0.2, -0.15) is 0 Å². The van der Waals surface area contributed by atoms with Crippen molar-refractivity contribution in [2.24, 2.45) is 0 Å². The summed E-state index contributed by atoms with van der Waals surface area (Å²) in [6.07, 6.45) is 16.3. The van der Waals surface area contributed by atoms with E-state index in [4.69, 9.17) is 0 Å². The SMILES string of the molecule is CCCCCCCC(CCCCCC)n1cc(/C=C/Br)c(=O)[nH]c1=O. The zero-order valence-corrected chi connectivity index (χ0v) is 17.3. The van der Waals surface area contributed by atoms with Crippen molar-refractivity contribution in [3.63, 3.8) is 0 Å². The van der Waals surface area contributed by atoms with Gasteiger partial charge in [0.25, 0.3) is 5.56 Å². The van der Waals surface area contributed by atoms with E-state index in [9.17, 15) is 9.59 Å². The Labute approximate surface area is 159 Å². The zero-order chi connectivity index (χ0) is 18.5. The molecule has 0 aromatic carbocycles. The fourth-order valence-electron chi connectivity index (χ4n) is 3.17. The van der Waals surface area contributed by atoms with E-state index >= 15 is 0 Å². The Balaban J connectivity index is 2.86. The number of halogens is 1.